The van der Waals surface area contributed by atoms with Crippen LogP contribution in [0.25, 0.3) is 0 Å². The zero-order chi connectivity index (χ0) is 11.3. The van der Waals surface area contributed by atoms with Crippen LogP contribution in [0, 0.1) is 6.92 Å². The molecular formula is C10H15N3O2. The highest BCUT2D eigenvalue weighted by molar-refractivity contribution is 5.76. The van der Waals surface area contributed by atoms with Crippen molar-refractivity contribution >= 4 is 12.1 Å². The third-order valence-corrected chi connectivity index (χ3v) is 2.03. The Kier molecular flexibility index (Phi) is 4.17. The average Bonchev–Trinajstić information content (AvgIpc) is 2.21. The Bertz CT molecular complexity index is 341. The standard InChI is InChI=1S/C10H15N3O2/c1-7(5-15-3)13-10-8(2)9(4-14)11-6-12-10/h4,6-7H,5H2,1-3H3,(H,11,12,13)/t7-/m1/s1. The van der Waals surface area contributed by atoms with E-state index in [9.17, 15) is 4.79 Å². The maximum absolute atomic E-state index is 10.6. The fourth-order valence-corrected chi connectivity index (χ4v) is 1.25. The van der Waals surface area contributed by atoms with Crippen LogP contribution in [0.15, 0.2) is 6.33 Å². The van der Waals surface area contributed by atoms with Crippen molar-refractivity contribution in [3.05, 3.63) is 17.6 Å². The Hall–Kier alpha value is -1.49. The minimum Gasteiger partial charge on any atom is -0.383 e. The first-order valence-corrected chi connectivity index (χ1v) is 4.71. The summed E-state index contributed by atoms with van der Waals surface area (Å²) in [6.45, 7) is 4.37. The molecular weight excluding hydrogens is 194 g/mol. The molecule has 0 bridgehead atoms. The minimum atomic E-state index is 0.142. The molecule has 1 rings (SSSR count). The Morgan fingerprint density at radius 1 is 1.60 bits per heavy atom. The Morgan fingerprint density at radius 2 is 2.33 bits per heavy atom. The molecule has 1 N–H and O–H groups in total. The summed E-state index contributed by atoms with van der Waals surface area (Å²) in [6.07, 6.45) is 2.10. The lowest BCUT2D eigenvalue weighted by Crippen LogP contribution is -2.22. The third-order valence-electron chi connectivity index (χ3n) is 2.03. The SMILES string of the molecule is COC[C@@H](C)Nc1ncnc(C=O)c1C. The maximum Gasteiger partial charge on any atom is 0.168 e. The summed E-state index contributed by atoms with van der Waals surface area (Å²) in [6, 6.07) is 0.142. The topological polar surface area (TPSA) is 64.1 Å². The minimum absolute atomic E-state index is 0.142. The van der Waals surface area contributed by atoms with Gasteiger partial charge in [0.1, 0.15) is 17.8 Å². The van der Waals surface area contributed by atoms with Crippen molar-refractivity contribution in [2.75, 3.05) is 19.0 Å². The smallest absolute Gasteiger partial charge is 0.168 e. The zero-order valence-electron chi connectivity index (χ0n) is 9.15. The number of aldehydes is 1. The fourth-order valence-electron chi connectivity index (χ4n) is 1.25. The highest BCUT2D eigenvalue weighted by Gasteiger charge is 2.08. The molecule has 1 heterocycles. The van der Waals surface area contributed by atoms with Crippen molar-refractivity contribution in [3.8, 4) is 0 Å². The van der Waals surface area contributed by atoms with Crippen molar-refractivity contribution in [3.63, 3.8) is 0 Å². The highest BCUT2D eigenvalue weighted by atomic mass is 16.5. The molecule has 0 saturated heterocycles. The van der Waals surface area contributed by atoms with Gasteiger partial charge in [-0.3, -0.25) is 4.79 Å². The number of ether oxygens (including phenoxy) is 1. The van der Waals surface area contributed by atoms with E-state index in [0.29, 0.717) is 18.1 Å². The number of carbonyl (C=O) groups excluding carboxylic acids is 1. The maximum atomic E-state index is 10.6. The van der Waals surface area contributed by atoms with Crippen LogP contribution in [0.1, 0.15) is 23.0 Å². The zero-order valence-corrected chi connectivity index (χ0v) is 9.15. The van der Waals surface area contributed by atoms with Gasteiger partial charge in [0.2, 0.25) is 0 Å². The number of rotatable bonds is 5. The van der Waals surface area contributed by atoms with Gasteiger partial charge in [0, 0.05) is 18.7 Å². The van der Waals surface area contributed by atoms with Crippen molar-refractivity contribution < 1.29 is 9.53 Å². The van der Waals surface area contributed by atoms with Gasteiger partial charge in [0.05, 0.1) is 6.61 Å². The average molecular weight is 209 g/mol. The first-order chi connectivity index (χ1) is 7.19. The van der Waals surface area contributed by atoms with E-state index < -0.39 is 0 Å². The number of nitrogens with zero attached hydrogens (tertiary/aromatic N) is 2. The van der Waals surface area contributed by atoms with E-state index in [1.807, 2.05) is 13.8 Å². The van der Waals surface area contributed by atoms with E-state index in [1.54, 1.807) is 7.11 Å². The number of carbonyl (C=O) groups is 1. The number of nitrogens with one attached hydrogen (secondary N) is 1. The molecule has 0 spiro atoms. The molecule has 1 atom stereocenters. The molecule has 0 amide bonds. The predicted octanol–water partition coefficient (Wildman–Crippen LogP) is 1.04. The number of aromatic nitrogens is 2. The van der Waals surface area contributed by atoms with Gasteiger partial charge >= 0.3 is 0 Å². The quantitative estimate of drug-likeness (QED) is 0.734. The fraction of sp³-hybridized carbons (Fsp3) is 0.500. The molecule has 0 aromatic carbocycles. The second-order valence-electron chi connectivity index (χ2n) is 3.35. The van der Waals surface area contributed by atoms with Crippen molar-refractivity contribution in [2.24, 2.45) is 0 Å². The van der Waals surface area contributed by atoms with E-state index in [4.69, 9.17) is 4.74 Å². The Labute approximate surface area is 88.9 Å². The van der Waals surface area contributed by atoms with E-state index in [2.05, 4.69) is 15.3 Å². The van der Waals surface area contributed by atoms with Gasteiger partial charge in [-0.25, -0.2) is 9.97 Å². The summed E-state index contributed by atoms with van der Waals surface area (Å²) in [5, 5.41) is 3.15. The van der Waals surface area contributed by atoms with Gasteiger partial charge in [0.25, 0.3) is 0 Å². The van der Waals surface area contributed by atoms with Crippen LogP contribution in [0.4, 0.5) is 5.82 Å². The van der Waals surface area contributed by atoms with Crippen LogP contribution in [0.2, 0.25) is 0 Å². The molecule has 0 aliphatic carbocycles. The normalized spacial score (nSPS) is 12.2. The third kappa shape index (κ3) is 2.99. The molecule has 0 aliphatic heterocycles. The summed E-state index contributed by atoms with van der Waals surface area (Å²) in [4.78, 5) is 18.6. The monoisotopic (exact) mass is 209 g/mol. The van der Waals surface area contributed by atoms with Crippen molar-refractivity contribution in [1.29, 1.82) is 0 Å². The molecule has 0 saturated carbocycles. The molecule has 1 aromatic heterocycles. The van der Waals surface area contributed by atoms with Gasteiger partial charge in [-0.05, 0) is 13.8 Å². The van der Waals surface area contributed by atoms with Crippen molar-refractivity contribution in [1.82, 2.24) is 9.97 Å². The van der Waals surface area contributed by atoms with Gasteiger partial charge in [-0.2, -0.15) is 0 Å². The van der Waals surface area contributed by atoms with E-state index in [-0.39, 0.29) is 6.04 Å². The van der Waals surface area contributed by atoms with Gasteiger partial charge in [0.15, 0.2) is 6.29 Å². The molecule has 15 heavy (non-hydrogen) atoms. The highest BCUT2D eigenvalue weighted by Crippen LogP contribution is 2.13. The van der Waals surface area contributed by atoms with E-state index in [1.165, 1.54) is 6.33 Å². The lowest BCUT2D eigenvalue weighted by atomic mass is 10.2. The summed E-state index contributed by atoms with van der Waals surface area (Å²) >= 11 is 0. The lowest BCUT2D eigenvalue weighted by Gasteiger charge is -2.15. The van der Waals surface area contributed by atoms with Gasteiger partial charge < -0.3 is 10.1 Å². The molecule has 0 aliphatic rings. The molecule has 0 radical (unpaired) electrons. The first kappa shape index (κ1) is 11.6. The van der Waals surface area contributed by atoms with Crippen LogP contribution in [-0.4, -0.2) is 36.0 Å². The molecule has 0 fully saturated rings. The number of hydrogen-bond donors (Lipinski definition) is 1. The molecule has 1 aromatic rings. The van der Waals surface area contributed by atoms with Crippen molar-refractivity contribution in [2.45, 2.75) is 19.9 Å². The first-order valence-electron chi connectivity index (χ1n) is 4.71. The lowest BCUT2D eigenvalue weighted by molar-refractivity contribution is 0.111. The summed E-state index contributed by atoms with van der Waals surface area (Å²) < 4.78 is 5.00. The molecule has 0 unspecified atom stereocenters. The summed E-state index contributed by atoms with van der Waals surface area (Å²) in [7, 11) is 1.64. The van der Waals surface area contributed by atoms with Crippen LogP contribution in [0.5, 0.6) is 0 Å². The number of hydrogen-bond acceptors (Lipinski definition) is 5. The number of anilines is 1. The molecule has 82 valence electrons. The summed E-state index contributed by atoms with van der Waals surface area (Å²) in [5.74, 6) is 0.677. The van der Waals surface area contributed by atoms with Crippen LogP contribution in [0.3, 0.4) is 0 Å². The largest absolute Gasteiger partial charge is 0.383 e. The number of methoxy groups -OCH3 is 1. The van der Waals surface area contributed by atoms with Crippen LogP contribution >= 0.6 is 0 Å². The van der Waals surface area contributed by atoms with Crippen LogP contribution < -0.4 is 5.32 Å². The van der Waals surface area contributed by atoms with Gasteiger partial charge in [-0.1, -0.05) is 0 Å². The second-order valence-corrected chi connectivity index (χ2v) is 3.35. The van der Waals surface area contributed by atoms with E-state index >= 15 is 0 Å². The van der Waals surface area contributed by atoms with Crippen LogP contribution in [-0.2, 0) is 4.74 Å². The van der Waals surface area contributed by atoms with Gasteiger partial charge in [-0.15, -0.1) is 0 Å². The Morgan fingerprint density at radius 3 is 2.93 bits per heavy atom. The Balaban J connectivity index is 2.81. The van der Waals surface area contributed by atoms with E-state index in [0.717, 1.165) is 11.8 Å². The molecule has 5 heteroatoms. The second kappa shape index (κ2) is 5.41. The summed E-state index contributed by atoms with van der Waals surface area (Å²) in [5.41, 5.74) is 1.17. The molecule has 5 nitrogen and oxygen atoms in total. The predicted molar refractivity (Wildman–Crippen MR) is 57.1 cm³/mol.